The molecule has 0 aromatic heterocycles. The molecule has 1 aliphatic rings. The number of nitrogens with one attached hydrogen (secondary N) is 1. The van der Waals surface area contributed by atoms with E-state index in [4.69, 9.17) is 10.5 Å². The van der Waals surface area contributed by atoms with Gasteiger partial charge in [0.25, 0.3) is 0 Å². The van der Waals surface area contributed by atoms with E-state index in [1.54, 1.807) is 0 Å². The molecule has 3 N–H and O–H groups in total. The number of nitrogens with zero attached hydrogens (tertiary/aromatic N) is 1. The number of hydrogen-bond acceptors (Lipinski definition) is 4. The number of anilines is 1. The lowest BCUT2D eigenvalue weighted by Crippen LogP contribution is -2.41. The van der Waals surface area contributed by atoms with Crippen molar-refractivity contribution in [3.05, 3.63) is 29.8 Å². The Morgan fingerprint density at radius 1 is 1.20 bits per heavy atom. The van der Waals surface area contributed by atoms with Gasteiger partial charge < -0.3 is 20.7 Å². The first kappa shape index (κ1) is 21.4. The summed E-state index contributed by atoms with van der Waals surface area (Å²) in [6.07, 6.45) is 1.01. The first-order chi connectivity index (χ1) is 11.5. The molecule has 1 aliphatic heterocycles. The van der Waals surface area contributed by atoms with Crippen LogP contribution in [0.4, 0.5) is 5.69 Å². The second-order valence-electron chi connectivity index (χ2n) is 6.59. The van der Waals surface area contributed by atoms with Gasteiger partial charge in [-0.1, -0.05) is 26.0 Å². The van der Waals surface area contributed by atoms with E-state index in [2.05, 4.69) is 5.32 Å². The van der Waals surface area contributed by atoms with E-state index in [1.165, 1.54) is 0 Å². The normalized spacial score (nSPS) is 15.4. The summed E-state index contributed by atoms with van der Waals surface area (Å²) in [5, 5.41) is 2.82. The summed E-state index contributed by atoms with van der Waals surface area (Å²) in [6.45, 7) is 6.59. The van der Waals surface area contributed by atoms with Crippen LogP contribution < -0.4 is 11.1 Å². The average molecular weight is 370 g/mol. The minimum Gasteiger partial charge on any atom is -0.378 e. The number of halogens is 1. The topological polar surface area (TPSA) is 84.7 Å². The molecule has 1 saturated heterocycles. The largest absolute Gasteiger partial charge is 0.378 e. The molecule has 0 saturated carbocycles. The highest BCUT2D eigenvalue weighted by Crippen LogP contribution is 2.13. The van der Waals surface area contributed by atoms with Crippen molar-refractivity contribution in [2.45, 2.75) is 32.7 Å². The van der Waals surface area contributed by atoms with Crippen molar-refractivity contribution in [2.75, 3.05) is 31.6 Å². The molecule has 6 nitrogen and oxygen atoms in total. The summed E-state index contributed by atoms with van der Waals surface area (Å²) >= 11 is 0. The summed E-state index contributed by atoms with van der Waals surface area (Å²) in [7, 11) is 0. The Bertz CT molecular complexity index is 557. The van der Waals surface area contributed by atoms with E-state index < -0.39 is 6.04 Å². The Morgan fingerprint density at radius 2 is 1.80 bits per heavy atom. The molecule has 140 valence electrons. The molecule has 0 aliphatic carbocycles. The Morgan fingerprint density at radius 3 is 2.36 bits per heavy atom. The third kappa shape index (κ3) is 7.02. The summed E-state index contributed by atoms with van der Waals surface area (Å²) in [6, 6.07) is 6.83. The Hall–Kier alpha value is -1.63. The first-order valence-corrected chi connectivity index (χ1v) is 8.46. The SMILES string of the molecule is CC(C)C[C@H](N)C(=O)Nc1ccc(CC(=O)N2CCOCC2)cc1.Cl. The van der Waals surface area contributed by atoms with Crippen molar-refractivity contribution in [3.8, 4) is 0 Å². The molecule has 1 atom stereocenters. The number of nitrogens with two attached hydrogens (primary N) is 1. The fraction of sp³-hybridized carbons (Fsp3) is 0.556. The number of carbonyl (C=O) groups excluding carboxylic acids is 2. The Kier molecular flexibility index (Phi) is 8.89. The lowest BCUT2D eigenvalue weighted by Gasteiger charge is -2.26. The zero-order chi connectivity index (χ0) is 17.5. The van der Waals surface area contributed by atoms with Crippen LogP contribution in [0.5, 0.6) is 0 Å². The number of benzene rings is 1. The zero-order valence-electron chi connectivity index (χ0n) is 14.9. The second kappa shape index (κ2) is 10.4. The Balaban J connectivity index is 0.00000312. The predicted octanol–water partition coefficient (Wildman–Crippen LogP) is 1.82. The number of rotatable bonds is 6. The van der Waals surface area contributed by atoms with Crippen LogP contribution in [0.1, 0.15) is 25.8 Å². The van der Waals surface area contributed by atoms with Gasteiger partial charge in [-0.15, -0.1) is 12.4 Å². The van der Waals surface area contributed by atoms with Gasteiger partial charge in [0, 0.05) is 18.8 Å². The number of morpholine rings is 1. The maximum atomic E-state index is 12.2. The fourth-order valence-corrected chi connectivity index (χ4v) is 2.65. The number of carbonyl (C=O) groups is 2. The van der Waals surface area contributed by atoms with Crippen molar-refractivity contribution in [2.24, 2.45) is 11.7 Å². The van der Waals surface area contributed by atoms with Gasteiger partial charge in [-0.2, -0.15) is 0 Å². The molecular formula is C18H28ClN3O3. The zero-order valence-corrected chi connectivity index (χ0v) is 15.7. The number of amides is 2. The number of ether oxygens (including phenoxy) is 1. The van der Waals surface area contributed by atoms with E-state index in [1.807, 2.05) is 43.0 Å². The van der Waals surface area contributed by atoms with Crippen molar-refractivity contribution in [1.82, 2.24) is 4.90 Å². The monoisotopic (exact) mass is 369 g/mol. The van der Waals surface area contributed by atoms with Crippen LogP contribution in [-0.2, 0) is 20.7 Å². The van der Waals surface area contributed by atoms with Crippen molar-refractivity contribution < 1.29 is 14.3 Å². The van der Waals surface area contributed by atoms with Crippen LogP contribution in [0, 0.1) is 5.92 Å². The summed E-state index contributed by atoms with van der Waals surface area (Å²) in [5.74, 6) is 0.300. The molecule has 7 heteroatoms. The van der Waals surface area contributed by atoms with Crippen molar-refractivity contribution in [3.63, 3.8) is 0 Å². The molecule has 25 heavy (non-hydrogen) atoms. The van der Waals surface area contributed by atoms with Gasteiger partial charge in [-0.05, 0) is 30.0 Å². The van der Waals surface area contributed by atoms with Crippen LogP contribution in [0.3, 0.4) is 0 Å². The molecule has 2 amide bonds. The molecule has 1 fully saturated rings. The highest BCUT2D eigenvalue weighted by atomic mass is 35.5. The highest BCUT2D eigenvalue weighted by molar-refractivity contribution is 5.94. The van der Waals surface area contributed by atoms with Gasteiger partial charge in [-0.25, -0.2) is 0 Å². The van der Waals surface area contributed by atoms with Crippen molar-refractivity contribution >= 4 is 29.9 Å². The lowest BCUT2D eigenvalue weighted by molar-refractivity contribution is -0.134. The molecule has 0 unspecified atom stereocenters. The molecule has 1 aromatic carbocycles. The van der Waals surface area contributed by atoms with Crippen LogP contribution in [0.25, 0.3) is 0 Å². The summed E-state index contributed by atoms with van der Waals surface area (Å²) in [4.78, 5) is 26.0. The van der Waals surface area contributed by atoms with Crippen molar-refractivity contribution in [1.29, 1.82) is 0 Å². The van der Waals surface area contributed by atoms with Gasteiger partial charge in [-0.3, -0.25) is 9.59 Å². The smallest absolute Gasteiger partial charge is 0.241 e. The van der Waals surface area contributed by atoms with Crippen LogP contribution >= 0.6 is 12.4 Å². The molecule has 0 bridgehead atoms. The van der Waals surface area contributed by atoms with E-state index >= 15 is 0 Å². The lowest BCUT2D eigenvalue weighted by atomic mass is 10.0. The third-order valence-corrected chi connectivity index (χ3v) is 4.00. The van der Waals surface area contributed by atoms with Gasteiger partial charge in [0.2, 0.25) is 11.8 Å². The molecule has 0 radical (unpaired) electrons. The molecular weight excluding hydrogens is 342 g/mol. The summed E-state index contributed by atoms with van der Waals surface area (Å²) in [5.41, 5.74) is 7.49. The van der Waals surface area contributed by atoms with E-state index in [-0.39, 0.29) is 24.2 Å². The van der Waals surface area contributed by atoms with Gasteiger partial charge in [0.05, 0.1) is 25.7 Å². The van der Waals surface area contributed by atoms with E-state index in [0.717, 1.165) is 5.56 Å². The minimum atomic E-state index is -0.507. The van der Waals surface area contributed by atoms with Crippen LogP contribution in [0.2, 0.25) is 0 Å². The Labute approximate surface area is 155 Å². The minimum absolute atomic E-state index is 0. The summed E-state index contributed by atoms with van der Waals surface area (Å²) < 4.78 is 5.25. The fourth-order valence-electron chi connectivity index (χ4n) is 2.65. The van der Waals surface area contributed by atoms with Crippen LogP contribution in [0.15, 0.2) is 24.3 Å². The first-order valence-electron chi connectivity index (χ1n) is 8.46. The predicted molar refractivity (Wildman–Crippen MR) is 101 cm³/mol. The van der Waals surface area contributed by atoms with E-state index in [9.17, 15) is 9.59 Å². The molecule has 2 rings (SSSR count). The third-order valence-electron chi connectivity index (χ3n) is 4.00. The molecule has 0 spiro atoms. The maximum Gasteiger partial charge on any atom is 0.241 e. The standard InChI is InChI=1S/C18H27N3O3.ClH/c1-13(2)11-16(19)18(23)20-15-5-3-14(4-6-15)12-17(22)21-7-9-24-10-8-21;/h3-6,13,16H,7-12,19H2,1-2H3,(H,20,23);1H/t16-;/m0./s1. The van der Waals surface area contributed by atoms with Crippen LogP contribution in [-0.4, -0.2) is 49.1 Å². The highest BCUT2D eigenvalue weighted by Gasteiger charge is 2.17. The quantitative estimate of drug-likeness (QED) is 0.801. The molecule has 1 aromatic rings. The second-order valence-corrected chi connectivity index (χ2v) is 6.59. The van der Waals surface area contributed by atoms with E-state index in [0.29, 0.717) is 50.8 Å². The van der Waals surface area contributed by atoms with Gasteiger partial charge in [0.15, 0.2) is 0 Å². The van der Waals surface area contributed by atoms with Gasteiger partial charge in [0.1, 0.15) is 0 Å². The average Bonchev–Trinajstić information content (AvgIpc) is 2.56. The number of hydrogen-bond donors (Lipinski definition) is 2. The van der Waals surface area contributed by atoms with Gasteiger partial charge >= 0.3 is 0 Å². The maximum absolute atomic E-state index is 12.2. The molecule has 1 heterocycles.